The fourth-order valence-corrected chi connectivity index (χ4v) is 3.35. The minimum Gasteiger partial charge on any atom is -0.367 e. The van der Waals surface area contributed by atoms with Gasteiger partial charge < -0.3 is 5.32 Å². The number of nitrogens with one attached hydrogen (secondary N) is 1. The Bertz CT molecular complexity index is 844. The van der Waals surface area contributed by atoms with Crippen molar-refractivity contribution in [2.24, 2.45) is 0 Å². The van der Waals surface area contributed by atoms with Crippen LogP contribution in [-0.2, 0) is 0 Å². The van der Waals surface area contributed by atoms with E-state index in [0.717, 1.165) is 22.9 Å². The SMILES string of the molecule is Cc1cc2ncc(-c3cccc(NC4CCCC4)n3)n2cc1C. The van der Waals surface area contributed by atoms with Crippen molar-refractivity contribution in [3.05, 3.63) is 47.8 Å². The van der Waals surface area contributed by atoms with Gasteiger partial charge in [0.2, 0.25) is 0 Å². The van der Waals surface area contributed by atoms with Crippen LogP contribution in [0.5, 0.6) is 0 Å². The molecule has 3 aromatic heterocycles. The zero-order chi connectivity index (χ0) is 15.8. The lowest BCUT2D eigenvalue weighted by molar-refractivity contribution is 0.751. The van der Waals surface area contributed by atoms with Crippen LogP contribution in [0.25, 0.3) is 17.0 Å². The number of aromatic nitrogens is 3. The second-order valence-corrected chi connectivity index (χ2v) is 6.54. The van der Waals surface area contributed by atoms with Crippen LogP contribution in [0.4, 0.5) is 5.82 Å². The van der Waals surface area contributed by atoms with E-state index >= 15 is 0 Å². The lowest BCUT2D eigenvalue weighted by Gasteiger charge is -2.13. The Balaban J connectivity index is 1.71. The van der Waals surface area contributed by atoms with E-state index in [2.05, 4.69) is 59.0 Å². The molecule has 1 saturated carbocycles. The molecule has 3 aromatic rings. The molecule has 0 saturated heterocycles. The first-order chi connectivity index (χ1) is 11.2. The second kappa shape index (κ2) is 5.69. The number of aryl methyl sites for hydroxylation is 2. The minimum atomic E-state index is 0.574. The van der Waals surface area contributed by atoms with Crippen molar-refractivity contribution in [2.75, 3.05) is 5.32 Å². The first-order valence-corrected chi connectivity index (χ1v) is 8.39. The van der Waals surface area contributed by atoms with Crippen LogP contribution in [0.15, 0.2) is 36.7 Å². The molecule has 0 unspecified atom stereocenters. The van der Waals surface area contributed by atoms with Gasteiger partial charge in [0.1, 0.15) is 11.5 Å². The summed E-state index contributed by atoms with van der Waals surface area (Å²) in [5, 5.41) is 3.57. The molecule has 4 heteroatoms. The molecular formula is C19H22N4. The molecule has 23 heavy (non-hydrogen) atoms. The lowest BCUT2D eigenvalue weighted by atomic mass is 10.2. The van der Waals surface area contributed by atoms with Gasteiger partial charge in [-0.05, 0) is 56.0 Å². The number of fused-ring (bicyclic) bond motifs is 1. The van der Waals surface area contributed by atoms with Crippen molar-refractivity contribution in [2.45, 2.75) is 45.6 Å². The van der Waals surface area contributed by atoms with Crippen LogP contribution in [0, 0.1) is 13.8 Å². The summed E-state index contributed by atoms with van der Waals surface area (Å²) >= 11 is 0. The number of imidazole rings is 1. The number of anilines is 1. The highest BCUT2D eigenvalue weighted by molar-refractivity contribution is 5.62. The molecular weight excluding hydrogens is 284 g/mol. The Hall–Kier alpha value is -2.36. The molecule has 1 N–H and O–H groups in total. The number of rotatable bonds is 3. The first kappa shape index (κ1) is 14.2. The third-order valence-corrected chi connectivity index (χ3v) is 4.83. The molecule has 0 atom stereocenters. The van der Waals surface area contributed by atoms with E-state index in [0.29, 0.717) is 6.04 Å². The van der Waals surface area contributed by atoms with E-state index in [4.69, 9.17) is 4.98 Å². The molecule has 0 amide bonds. The molecule has 0 aromatic carbocycles. The van der Waals surface area contributed by atoms with E-state index in [1.165, 1.54) is 36.8 Å². The maximum Gasteiger partial charge on any atom is 0.137 e. The molecule has 118 valence electrons. The zero-order valence-electron chi connectivity index (χ0n) is 13.7. The van der Waals surface area contributed by atoms with Crippen molar-refractivity contribution < 1.29 is 0 Å². The molecule has 0 aliphatic heterocycles. The van der Waals surface area contributed by atoms with Gasteiger partial charge >= 0.3 is 0 Å². The average molecular weight is 306 g/mol. The van der Waals surface area contributed by atoms with Crippen molar-refractivity contribution in [1.29, 1.82) is 0 Å². The number of nitrogens with zero attached hydrogens (tertiary/aromatic N) is 3. The van der Waals surface area contributed by atoms with Crippen LogP contribution >= 0.6 is 0 Å². The van der Waals surface area contributed by atoms with E-state index < -0.39 is 0 Å². The van der Waals surface area contributed by atoms with E-state index in [-0.39, 0.29) is 0 Å². The molecule has 0 bridgehead atoms. The molecule has 3 heterocycles. The molecule has 0 spiro atoms. The average Bonchev–Trinajstić information content (AvgIpc) is 3.18. The van der Waals surface area contributed by atoms with Crippen LogP contribution in [0.2, 0.25) is 0 Å². The van der Waals surface area contributed by atoms with Crippen LogP contribution in [0.3, 0.4) is 0 Å². The van der Waals surface area contributed by atoms with Gasteiger partial charge in [-0.15, -0.1) is 0 Å². The summed E-state index contributed by atoms with van der Waals surface area (Å²) in [7, 11) is 0. The Kier molecular flexibility index (Phi) is 3.52. The van der Waals surface area contributed by atoms with Crippen molar-refractivity contribution in [3.8, 4) is 11.4 Å². The largest absolute Gasteiger partial charge is 0.367 e. The van der Waals surface area contributed by atoms with Crippen LogP contribution in [0.1, 0.15) is 36.8 Å². The first-order valence-electron chi connectivity index (χ1n) is 8.39. The number of hydrogen-bond donors (Lipinski definition) is 1. The van der Waals surface area contributed by atoms with Gasteiger partial charge in [0, 0.05) is 12.2 Å². The van der Waals surface area contributed by atoms with Gasteiger partial charge in [-0.2, -0.15) is 0 Å². The Morgan fingerprint density at radius 2 is 1.96 bits per heavy atom. The zero-order valence-corrected chi connectivity index (χ0v) is 13.7. The topological polar surface area (TPSA) is 42.2 Å². The number of hydrogen-bond acceptors (Lipinski definition) is 3. The van der Waals surface area contributed by atoms with Gasteiger partial charge in [0.05, 0.1) is 17.6 Å². The highest BCUT2D eigenvalue weighted by Crippen LogP contribution is 2.25. The van der Waals surface area contributed by atoms with E-state index in [9.17, 15) is 0 Å². The Labute approximate surface area is 136 Å². The lowest BCUT2D eigenvalue weighted by Crippen LogP contribution is -2.15. The normalized spacial score (nSPS) is 15.4. The summed E-state index contributed by atoms with van der Waals surface area (Å²) < 4.78 is 2.13. The van der Waals surface area contributed by atoms with Crippen molar-refractivity contribution in [3.63, 3.8) is 0 Å². The summed E-state index contributed by atoms with van der Waals surface area (Å²) in [6.45, 7) is 4.25. The fourth-order valence-electron chi connectivity index (χ4n) is 3.35. The maximum atomic E-state index is 4.81. The molecule has 1 aliphatic carbocycles. The van der Waals surface area contributed by atoms with Gasteiger partial charge in [0.25, 0.3) is 0 Å². The quantitative estimate of drug-likeness (QED) is 0.781. The third-order valence-electron chi connectivity index (χ3n) is 4.83. The molecule has 1 fully saturated rings. The maximum absolute atomic E-state index is 4.81. The summed E-state index contributed by atoms with van der Waals surface area (Å²) in [6, 6.07) is 8.88. The summed E-state index contributed by atoms with van der Waals surface area (Å²) in [5.41, 5.74) is 5.50. The highest BCUT2D eigenvalue weighted by atomic mass is 15.1. The predicted octanol–water partition coefficient (Wildman–Crippen LogP) is 4.37. The van der Waals surface area contributed by atoms with Crippen molar-refractivity contribution >= 4 is 11.5 Å². The summed E-state index contributed by atoms with van der Waals surface area (Å²) in [6.07, 6.45) is 9.20. The molecule has 4 nitrogen and oxygen atoms in total. The van der Waals surface area contributed by atoms with Gasteiger partial charge in [-0.25, -0.2) is 9.97 Å². The van der Waals surface area contributed by atoms with Gasteiger partial charge in [0.15, 0.2) is 0 Å². The number of pyridine rings is 2. The van der Waals surface area contributed by atoms with Crippen LogP contribution < -0.4 is 5.32 Å². The summed E-state index contributed by atoms with van der Waals surface area (Å²) in [5.74, 6) is 0.966. The van der Waals surface area contributed by atoms with Gasteiger partial charge in [-0.3, -0.25) is 4.40 Å². The van der Waals surface area contributed by atoms with E-state index in [1.54, 1.807) is 0 Å². The predicted molar refractivity (Wildman–Crippen MR) is 93.8 cm³/mol. The highest BCUT2D eigenvalue weighted by Gasteiger charge is 2.15. The molecule has 0 radical (unpaired) electrons. The Morgan fingerprint density at radius 3 is 2.78 bits per heavy atom. The summed E-state index contributed by atoms with van der Waals surface area (Å²) in [4.78, 5) is 9.34. The van der Waals surface area contributed by atoms with Crippen LogP contribution in [-0.4, -0.2) is 20.4 Å². The van der Waals surface area contributed by atoms with E-state index in [1.807, 2.05) is 6.20 Å². The molecule has 4 rings (SSSR count). The smallest absolute Gasteiger partial charge is 0.137 e. The fraction of sp³-hybridized carbons (Fsp3) is 0.368. The standard InChI is InChI=1S/C19H22N4/c1-13-10-19-20-11-17(23(19)12-14(13)2)16-8-5-9-18(22-16)21-15-6-3-4-7-15/h5,8-12,15H,3-4,6-7H2,1-2H3,(H,21,22). The van der Waals surface area contributed by atoms with Crippen molar-refractivity contribution in [1.82, 2.24) is 14.4 Å². The Morgan fingerprint density at radius 1 is 1.13 bits per heavy atom. The monoisotopic (exact) mass is 306 g/mol. The second-order valence-electron chi connectivity index (χ2n) is 6.54. The third kappa shape index (κ3) is 2.69. The van der Waals surface area contributed by atoms with Gasteiger partial charge in [-0.1, -0.05) is 18.9 Å². The molecule has 1 aliphatic rings. The minimum absolute atomic E-state index is 0.574.